The van der Waals surface area contributed by atoms with Crippen molar-refractivity contribution in [3.8, 4) is 0 Å². The van der Waals surface area contributed by atoms with Crippen molar-refractivity contribution in [2.24, 2.45) is 5.41 Å². The van der Waals surface area contributed by atoms with Crippen molar-refractivity contribution in [3.05, 3.63) is 24.8 Å². The van der Waals surface area contributed by atoms with Crippen LogP contribution in [0.25, 0.3) is 0 Å². The van der Waals surface area contributed by atoms with Gasteiger partial charge >= 0.3 is 0 Å². The van der Waals surface area contributed by atoms with Crippen LogP contribution < -0.4 is 0 Å². The second kappa shape index (κ2) is 7.15. The predicted octanol–water partition coefficient (Wildman–Crippen LogP) is 4.58. The van der Waals surface area contributed by atoms with Gasteiger partial charge in [-0.1, -0.05) is 32.4 Å². The molecule has 0 bridgehead atoms. The summed E-state index contributed by atoms with van der Waals surface area (Å²) in [5.74, 6) is 0. The van der Waals surface area contributed by atoms with E-state index in [1.54, 1.807) is 0 Å². The molecule has 0 aliphatic rings. The van der Waals surface area contributed by atoms with Crippen LogP contribution >= 0.6 is 0 Å². The van der Waals surface area contributed by atoms with E-state index in [0.717, 1.165) is 6.42 Å². The Morgan fingerprint density at radius 2 is 1.58 bits per heavy atom. The zero-order valence-electron chi connectivity index (χ0n) is 9.41. The maximum Gasteiger partial charge on any atom is -0.0348 e. The Bertz CT molecular complexity index is 119. The van der Waals surface area contributed by atoms with Crippen molar-refractivity contribution in [2.45, 2.75) is 47.5 Å². The molecule has 0 heteroatoms. The summed E-state index contributed by atoms with van der Waals surface area (Å²) in [5, 5.41) is 0. The van der Waals surface area contributed by atoms with Gasteiger partial charge < -0.3 is 0 Å². The third-order valence-electron chi connectivity index (χ3n) is 1.10. The summed E-state index contributed by atoms with van der Waals surface area (Å²) < 4.78 is 0. The molecule has 0 aliphatic heterocycles. The Hall–Kier alpha value is -0.520. The van der Waals surface area contributed by atoms with Crippen molar-refractivity contribution in [1.82, 2.24) is 0 Å². The Kier molecular flexibility index (Phi) is 8.36. The third kappa shape index (κ3) is 34.0. The summed E-state index contributed by atoms with van der Waals surface area (Å²) in [5.41, 5.74) is 1.65. The van der Waals surface area contributed by atoms with E-state index < -0.39 is 0 Å². The first kappa shape index (κ1) is 14.0. The molecule has 0 saturated carbocycles. The van der Waals surface area contributed by atoms with Crippen molar-refractivity contribution >= 4 is 0 Å². The Morgan fingerprint density at radius 1 is 1.25 bits per heavy atom. The molecule has 0 heterocycles. The average Bonchev–Trinajstić information content (AvgIpc) is 1.80. The molecule has 72 valence electrons. The van der Waals surface area contributed by atoms with E-state index in [0.29, 0.717) is 5.41 Å². The molecule has 12 heavy (non-hydrogen) atoms. The molecule has 0 saturated heterocycles. The largest absolute Gasteiger partial charge is 0.103 e. The van der Waals surface area contributed by atoms with Crippen LogP contribution in [0.2, 0.25) is 0 Å². The van der Waals surface area contributed by atoms with Crippen molar-refractivity contribution in [1.29, 1.82) is 0 Å². The third-order valence-corrected chi connectivity index (χ3v) is 1.10. The van der Waals surface area contributed by atoms with Crippen LogP contribution in [0, 0.1) is 5.41 Å². The van der Waals surface area contributed by atoms with Crippen LogP contribution in [-0.2, 0) is 0 Å². The molecule has 0 aromatic rings. The number of hydrogen-bond acceptors (Lipinski definition) is 0. The van der Waals surface area contributed by atoms with Gasteiger partial charge in [-0.15, -0.1) is 13.2 Å². The second-order valence-corrected chi connectivity index (χ2v) is 4.60. The lowest BCUT2D eigenvalue weighted by Gasteiger charge is -2.15. The lowest BCUT2D eigenvalue weighted by Crippen LogP contribution is -2.02. The van der Waals surface area contributed by atoms with Crippen LogP contribution in [-0.4, -0.2) is 0 Å². The van der Waals surface area contributed by atoms with Crippen molar-refractivity contribution < 1.29 is 0 Å². The topological polar surface area (TPSA) is 0 Å². The van der Waals surface area contributed by atoms with Crippen molar-refractivity contribution in [2.75, 3.05) is 0 Å². The molecular weight excluding hydrogens is 144 g/mol. The van der Waals surface area contributed by atoms with Gasteiger partial charge in [-0.05, 0) is 32.1 Å². The van der Waals surface area contributed by atoms with E-state index in [1.807, 2.05) is 19.9 Å². The zero-order valence-corrected chi connectivity index (χ0v) is 9.41. The van der Waals surface area contributed by atoms with Crippen LogP contribution in [0.3, 0.4) is 0 Å². The summed E-state index contributed by atoms with van der Waals surface area (Å²) in [6.45, 7) is 17.9. The summed E-state index contributed by atoms with van der Waals surface area (Å²) in [6, 6.07) is 0. The quantitative estimate of drug-likeness (QED) is 0.529. The highest BCUT2D eigenvalue weighted by Crippen LogP contribution is 2.20. The summed E-state index contributed by atoms with van der Waals surface area (Å²) in [7, 11) is 0. The van der Waals surface area contributed by atoms with Gasteiger partial charge in [0.15, 0.2) is 0 Å². The fourth-order valence-corrected chi connectivity index (χ4v) is 0.535. The first-order chi connectivity index (χ1) is 5.29. The highest BCUT2D eigenvalue weighted by atomic mass is 14.1. The molecule has 0 aliphatic carbocycles. The first-order valence-electron chi connectivity index (χ1n) is 4.52. The molecule has 0 amide bonds. The maximum absolute atomic E-state index is 3.66. The molecule has 0 rings (SSSR count). The van der Waals surface area contributed by atoms with E-state index in [9.17, 15) is 0 Å². The standard InChI is InChI=1S/C8H16.C4H8/c1-5-6-7-8(2,3)4;1-4(2)3/h5H,1,6-7H2,2-4H3;1H2,2-3H3. The fourth-order valence-electron chi connectivity index (χ4n) is 0.535. The SMILES string of the molecule is C=C(C)C.C=CCCC(C)(C)C. The van der Waals surface area contributed by atoms with Gasteiger partial charge in [0.1, 0.15) is 0 Å². The monoisotopic (exact) mass is 168 g/mol. The van der Waals surface area contributed by atoms with Gasteiger partial charge in [0.25, 0.3) is 0 Å². The number of allylic oxidation sites excluding steroid dienone is 2. The van der Waals surface area contributed by atoms with Gasteiger partial charge in [-0.2, -0.15) is 0 Å². The van der Waals surface area contributed by atoms with E-state index >= 15 is 0 Å². The lowest BCUT2D eigenvalue weighted by atomic mass is 9.91. The summed E-state index contributed by atoms with van der Waals surface area (Å²) in [6.07, 6.45) is 4.37. The van der Waals surface area contributed by atoms with Crippen molar-refractivity contribution in [3.63, 3.8) is 0 Å². The van der Waals surface area contributed by atoms with Gasteiger partial charge in [0.05, 0.1) is 0 Å². The Morgan fingerprint density at radius 3 is 1.67 bits per heavy atom. The fraction of sp³-hybridized carbons (Fsp3) is 0.667. The highest BCUT2D eigenvalue weighted by Gasteiger charge is 2.06. The van der Waals surface area contributed by atoms with E-state index in [4.69, 9.17) is 0 Å². The van der Waals surface area contributed by atoms with Crippen LogP contribution in [0.5, 0.6) is 0 Å². The van der Waals surface area contributed by atoms with Gasteiger partial charge in [-0.25, -0.2) is 0 Å². The summed E-state index contributed by atoms with van der Waals surface area (Å²) >= 11 is 0. The molecule has 0 nitrogen and oxygen atoms in total. The first-order valence-corrected chi connectivity index (χ1v) is 4.52. The summed E-state index contributed by atoms with van der Waals surface area (Å²) in [4.78, 5) is 0. The highest BCUT2D eigenvalue weighted by molar-refractivity contribution is 4.78. The van der Waals surface area contributed by atoms with Gasteiger partial charge in [0.2, 0.25) is 0 Å². The molecule has 0 unspecified atom stereocenters. The smallest absolute Gasteiger partial charge is 0.0348 e. The molecule has 0 fully saturated rings. The average molecular weight is 168 g/mol. The zero-order chi connectivity index (χ0) is 10.2. The van der Waals surface area contributed by atoms with E-state index in [-0.39, 0.29) is 0 Å². The minimum absolute atomic E-state index is 0.480. The molecular formula is C12H24. The Labute approximate surface area is 78.4 Å². The molecule has 0 radical (unpaired) electrons. The Balaban J connectivity index is 0. The van der Waals surface area contributed by atoms with Crippen LogP contribution in [0.4, 0.5) is 0 Å². The minimum Gasteiger partial charge on any atom is -0.103 e. The molecule has 0 spiro atoms. The van der Waals surface area contributed by atoms with Crippen LogP contribution in [0.1, 0.15) is 47.5 Å². The number of hydrogen-bond donors (Lipinski definition) is 0. The molecule has 0 aromatic carbocycles. The van der Waals surface area contributed by atoms with Gasteiger partial charge in [0, 0.05) is 0 Å². The predicted molar refractivity (Wildman–Crippen MR) is 59.4 cm³/mol. The van der Waals surface area contributed by atoms with E-state index in [2.05, 4.69) is 33.9 Å². The van der Waals surface area contributed by atoms with Gasteiger partial charge in [-0.3, -0.25) is 0 Å². The lowest BCUT2D eigenvalue weighted by molar-refractivity contribution is 0.381. The van der Waals surface area contributed by atoms with Crippen LogP contribution in [0.15, 0.2) is 24.8 Å². The van der Waals surface area contributed by atoms with E-state index in [1.165, 1.54) is 12.0 Å². The second-order valence-electron chi connectivity index (χ2n) is 4.60. The minimum atomic E-state index is 0.480. The normalized spacial score (nSPS) is 9.75. The maximum atomic E-state index is 3.66. The number of rotatable bonds is 2. The molecule has 0 N–H and O–H groups in total. The molecule has 0 atom stereocenters. The molecule has 0 aromatic heterocycles.